The first-order valence-corrected chi connectivity index (χ1v) is 7.43. The van der Waals surface area contributed by atoms with Crippen molar-refractivity contribution < 1.29 is 14.7 Å². The van der Waals surface area contributed by atoms with Crippen molar-refractivity contribution in [1.29, 1.82) is 0 Å². The van der Waals surface area contributed by atoms with Crippen LogP contribution in [0.15, 0.2) is 24.3 Å². The molecule has 2 unspecified atom stereocenters. The molecule has 0 heterocycles. The van der Waals surface area contributed by atoms with Gasteiger partial charge in [-0.2, -0.15) is 0 Å². The van der Waals surface area contributed by atoms with Gasteiger partial charge in [0.1, 0.15) is 5.92 Å². The summed E-state index contributed by atoms with van der Waals surface area (Å²) in [7, 11) is 0. The molecule has 1 aromatic carbocycles. The van der Waals surface area contributed by atoms with Crippen LogP contribution in [0.2, 0.25) is 0 Å². The summed E-state index contributed by atoms with van der Waals surface area (Å²) >= 11 is 0. The van der Waals surface area contributed by atoms with Gasteiger partial charge < -0.3 is 10.4 Å². The van der Waals surface area contributed by atoms with Crippen molar-refractivity contribution in [3.63, 3.8) is 0 Å². The lowest BCUT2D eigenvalue weighted by atomic mass is 9.69. The van der Waals surface area contributed by atoms with E-state index < -0.39 is 17.8 Å². The maximum Gasteiger partial charge on any atom is 0.315 e. The summed E-state index contributed by atoms with van der Waals surface area (Å²) in [5, 5.41) is 11.6. The van der Waals surface area contributed by atoms with E-state index in [1.165, 1.54) is 18.1 Å². The minimum absolute atomic E-state index is 0.158. The Morgan fingerprint density at radius 1 is 1.38 bits per heavy atom. The van der Waals surface area contributed by atoms with E-state index in [4.69, 9.17) is 5.11 Å². The number of carboxylic acid groups (broad SMARTS) is 1. The number of fused-ring (bicyclic) bond motifs is 1. The number of hydrogen-bond acceptors (Lipinski definition) is 2. The standard InChI is InChI=1S/C17H23NO3/c1-11(16(20)21)15(19)18-10-12-8-9-17(2,3)14-7-5-4-6-13(12)14/h4-7,11-12H,8-10H2,1-3H3,(H,18,19)(H,20,21). The van der Waals surface area contributed by atoms with E-state index in [0.29, 0.717) is 6.54 Å². The summed E-state index contributed by atoms with van der Waals surface area (Å²) in [5.74, 6) is -2.23. The Bertz CT molecular complexity index is 551. The molecule has 4 heteroatoms. The summed E-state index contributed by atoms with van der Waals surface area (Å²) in [4.78, 5) is 22.6. The van der Waals surface area contributed by atoms with Crippen molar-refractivity contribution in [2.24, 2.45) is 5.92 Å². The van der Waals surface area contributed by atoms with Gasteiger partial charge in [-0.15, -0.1) is 0 Å². The summed E-state index contributed by atoms with van der Waals surface area (Å²) in [6.45, 7) is 6.40. The number of carboxylic acids is 1. The molecule has 1 amide bonds. The van der Waals surface area contributed by atoms with E-state index in [1.807, 2.05) is 12.1 Å². The SMILES string of the molecule is CC(C(=O)O)C(=O)NCC1CCC(C)(C)c2ccccc21. The van der Waals surface area contributed by atoms with Crippen LogP contribution in [0.5, 0.6) is 0 Å². The number of hydrogen-bond donors (Lipinski definition) is 2. The fourth-order valence-corrected chi connectivity index (χ4v) is 3.00. The van der Waals surface area contributed by atoms with E-state index >= 15 is 0 Å². The van der Waals surface area contributed by atoms with Gasteiger partial charge in [0, 0.05) is 12.5 Å². The molecule has 0 saturated heterocycles. The average molecular weight is 289 g/mol. The third-order valence-electron chi connectivity index (χ3n) is 4.53. The number of aliphatic carboxylic acids is 1. The fourth-order valence-electron chi connectivity index (χ4n) is 3.00. The molecule has 1 aliphatic carbocycles. The predicted molar refractivity (Wildman–Crippen MR) is 81.3 cm³/mol. The van der Waals surface area contributed by atoms with Crippen LogP contribution in [-0.4, -0.2) is 23.5 Å². The maximum absolute atomic E-state index is 11.8. The fraction of sp³-hybridized carbons (Fsp3) is 0.529. The molecule has 2 atom stereocenters. The molecule has 114 valence electrons. The predicted octanol–water partition coefficient (Wildman–Crippen LogP) is 2.68. The van der Waals surface area contributed by atoms with Crippen LogP contribution in [0.1, 0.15) is 50.7 Å². The number of carbonyl (C=O) groups excluding carboxylic acids is 1. The average Bonchev–Trinajstić information content (AvgIpc) is 2.45. The summed E-state index contributed by atoms with van der Waals surface area (Å²) in [5.41, 5.74) is 2.77. The molecule has 0 spiro atoms. The van der Waals surface area contributed by atoms with E-state index in [1.54, 1.807) is 0 Å². The Hall–Kier alpha value is -1.84. The lowest BCUT2D eigenvalue weighted by Gasteiger charge is -2.37. The molecule has 0 aliphatic heterocycles. The molecule has 2 N–H and O–H groups in total. The molecule has 21 heavy (non-hydrogen) atoms. The lowest BCUT2D eigenvalue weighted by Crippen LogP contribution is -2.38. The number of nitrogens with one attached hydrogen (secondary N) is 1. The van der Waals surface area contributed by atoms with Crippen molar-refractivity contribution in [2.45, 2.75) is 44.9 Å². The highest BCUT2D eigenvalue weighted by Crippen LogP contribution is 2.42. The zero-order chi connectivity index (χ0) is 15.6. The third kappa shape index (κ3) is 3.26. The second kappa shape index (κ2) is 5.88. The molecule has 1 aliphatic rings. The Morgan fingerprint density at radius 2 is 2.05 bits per heavy atom. The normalized spacial score (nSPS) is 21.2. The molecule has 2 rings (SSSR count). The Balaban J connectivity index is 2.09. The number of amides is 1. The van der Waals surface area contributed by atoms with Gasteiger partial charge in [0.05, 0.1) is 0 Å². The topological polar surface area (TPSA) is 66.4 Å². The number of benzene rings is 1. The van der Waals surface area contributed by atoms with Crippen molar-refractivity contribution in [2.75, 3.05) is 6.54 Å². The first kappa shape index (κ1) is 15.5. The molecular weight excluding hydrogens is 266 g/mol. The molecular formula is C17H23NO3. The zero-order valence-electron chi connectivity index (χ0n) is 12.8. The quantitative estimate of drug-likeness (QED) is 0.837. The van der Waals surface area contributed by atoms with Crippen LogP contribution in [0.4, 0.5) is 0 Å². The lowest BCUT2D eigenvalue weighted by molar-refractivity contribution is -0.146. The van der Waals surface area contributed by atoms with Crippen LogP contribution >= 0.6 is 0 Å². The van der Waals surface area contributed by atoms with E-state index in [-0.39, 0.29) is 11.3 Å². The van der Waals surface area contributed by atoms with Gasteiger partial charge >= 0.3 is 5.97 Å². The highest BCUT2D eigenvalue weighted by atomic mass is 16.4. The van der Waals surface area contributed by atoms with Crippen LogP contribution in [0, 0.1) is 5.92 Å². The summed E-state index contributed by atoms with van der Waals surface area (Å²) in [6.07, 6.45) is 2.07. The Morgan fingerprint density at radius 3 is 2.71 bits per heavy atom. The second-order valence-corrected chi connectivity index (χ2v) is 6.51. The van der Waals surface area contributed by atoms with E-state index in [9.17, 15) is 9.59 Å². The number of rotatable bonds is 4. The Labute approximate surface area is 125 Å². The maximum atomic E-state index is 11.8. The molecule has 0 radical (unpaired) electrons. The first-order valence-electron chi connectivity index (χ1n) is 7.43. The molecule has 4 nitrogen and oxygen atoms in total. The number of carbonyl (C=O) groups is 2. The van der Waals surface area contributed by atoms with Crippen molar-refractivity contribution in [3.05, 3.63) is 35.4 Å². The Kier molecular flexibility index (Phi) is 4.35. The largest absolute Gasteiger partial charge is 0.481 e. The molecule has 0 saturated carbocycles. The van der Waals surface area contributed by atoms with Crippen LogP contribution in [0.25, 0.3) is 0 Å². The van der Waals surface area contributed by atoms with Gasteiger partial charge in [-0.25, -0.2) is 0 Å². The van der Waals surface area contributed by atoms with Crippen molar-refractivity contribution in [1.82, 2.24) is 5.32 Å². The molecule has 0 aromatic heterocycles. The summed E-state index contributed by atoms with van der Waals surface area (Å²) in [6, 6.07) is 8.35. The molecule has 0 fully saturated rings. The highest BCUT2D eigenvalue weighted by Gasteiger charge is 2.32. The van der Waals surface area contributed by atoms with Crippen LogP contribution in [-0.2, 0) is 15.0 Å². The monoisotopic (exact) mass is 289 g/mol. The van der Waals surface area contributed by atoms with Gasteiger partial charge in [0.2, 0.25) is 5.91 Å². The molecule has 1 aromatic rings. The van der Waals surface area contributed by atoms with Gasteiger partial charge in [0.15, 0.2) is 0 Å². The first-order chi connectivity index (χ1) is 9.83. The van der Waals surface area contributed by atoms with Crippen LogP contribution in [0.3, 0.4) is 0 Å². The van der Waals surface area contributed by atoms with Gasteiger partial charge in [-0.3, -0.25) is 9.59 Å². The third-order valence-corrected chi connectivity index (χ3v) is 4.53. The van der Waals surface area contributed by atoms with Crippen LogP contribution < -0.4 is 5.32 Å². The van der Waals surface area contributed by atoms with E-state index in [0.717, 1.165) is 12.8 Å². The van der Waals surface area contributed by atoms with Crippen molar-refractivity contribution in [3.8, 4) is 0 Å². The van der Waals surface area contributed by atoms with Gasteiger partial charge in [-0.1, -0.05) is 38.1 Å². The minimum atomic E-state index is -1.09. The minimum Gasteiger partial charge on any atom is -0.481 e. The highest BCUT2D eigenvalue weighted by molar-refractivity contribution is 5.96. The van der Waals surface area contributed by atoms with Gasteiger partial charge in [-0.05, 0) is 36.3 Å². The second-order valence-electron chi connectivity index (χ2n) is 6.51. The smallest absolute Gasteiger partial charge is 0.315 e. The molecule has 0 bridgehead atoms. The summed E-state index contributed by atoms with van der Waals surface area (Å²) < 4.78 is 0. The zero-order valence-corrected chi connectivity index (χ0v) is 12.8. The van der Waals surface area contributed by atoms with Gasteiger partial charge in [0.25, 0.3) is 0 Å². The van der Waals surface area contributed by atoms with Crippen molar-refractivity contribution >= 4 is 11.9 Å². The van der Waals surface area contributed by atoms with E-state index in [2.05, 4.69) is 31.3 Å².